The van der Waals surface area contributed by atoms with Gasteiger partial charge in [0.25, 0.3) is 0 Å². The van der Waals surface area contributed by atoms with Crippen LogP contribution in [0.3, 0.4) is 0 Å². The molecule has 0 radical (unpaired) electrons. The van der Waals surface area contributed by atoms with Crippen molar-refractivity contribution in [2.75, 3.05) is 7.11 Å². The van der Waals surface area contributed by atoms with E-state index in [9.17, 15) is 4.79 Å². The molecule has 1 atom stereocenters. The first-order valence-electron chi connectivity index (χ1n) is 6.27. The maximum atomic E-state index is 11.5. The molecule has 0 bridgehead atoms. The van der Waals surface area contributed by atoms with Crippen LogP contribution in [0.5, 0.6) is 11.5 Å². The van der Waals surface area contributed by atoms with Crippen molar-refractivity contribution in [3.8, 4) is 11.5 Å². The molecule has 0 heterocycles. The number of hydrogen-bond acceptors (Lipinski definition) is 3. The number of methoxy groups -OCH3 is 1. The van der Waals surface area contributed by atoms with Crippen LogP contribution in [-0.4, -0.2) is 29.7 Å². The van der Waals surface area contributed by atoms with Gasteiger partial charge < -0.3 is 0 Å². The molecule has 0 saturated heterocycles. The minimum absolute atomic E-state index is 0.0392. The van der Waals surface area contributed by atoms with Crippen LogP contribution in [0.4, 0.5) is 0 Å². The molecule has 0 aromatic heterocycles. The summed E-state index contributed by atoms with van der Waals surface area (Å²) in [6, 6.07) is 13.6. The van der Waals surface area contributed by atoms with Gasteiger partial charge in [0, 0.05) is 0 Å². The number of hydrogen-bond donors (Lipinski definition) is 0. The van der Waals surface area contributed by atoms with Gasteiger partial charge in [-0.3, -0.25) is 0 Å². The Kier molecular flexibility index (Phi) is 4.86. The van der Waals surface area contributed by atoms with Crippen LogP contribution in [0.25, 0.3) is 0 Å². The molecule has 0 aliphatic heterocycles. The van der Waals surface area contributed by atoms with E-state index in [4.69, 9.17) is 9.47 Å². The van der Waals surface area contributed by atoms with E-state index in [1.807, 2.05) is 36.4 Å². The van der Waals surface area contributed by atoms with Crippen molar-refractivity contribution >= 4 is 27.0 Å². The van der Waals surface area contributed by atoms with Crippen molar-refractivity contribution in [2.24, 2.45) is 0 Å². The van der Waals surface area contributed by atoms with Gasteiger partial charge in [-0.1, -0.05) is 0 Å². The van der Waals surface area contributed by atoms with E-state index in [2.05, 4.69) is 0 Å². The second kappa shape index (κ2) is 6.62. The topological polar surface area (TPSA) is 35.5 Å². The fourth-order valence-electron chi connectivity index (χ4n) is 1.89. The Morgan fingerprint density at radius 3 is 2.45 bits per heavy atom. The summed E-state index contributed by atoms with van der Waals surface area (Å²) in [6.45, 7) is 2.03. The van der Waals surface area contributed by atoms with Crippen molar-refractivity contribution < 1.29 is 14.3 Å². The van der Waals surface area contributed by atoms with Gasteiger partial charge in [0.1, 0.15) is 0 Å². The molecular formula is C16H17AsO3. The second-order valence-corrected chi connectivity index (χ2v) is 5.73. The molecule has 2 aromatic rings. The summed E-state index contributed by atoms with van der Waals surface area (Å²) in [4.78, 5) is 11.5. The fraction of sp³-hybridized carbons (Fsp3) is 0.188. The number of ketones is 1. The van der Waals surface area contributed by atoms with Gasteiger partial charge >= 0.3 is 127 Å². The van der Waals surface area contributed by atoms with Gasteiger partial charge in [0.15, 0.2) is 0 Å². The number of benzene rings is 2. The molecule has 0 fully saturated rings. The Morgan fingerprint density at radius 2 is 1.85 bits per heavy atom. The van der Waals surface area contributed by atoms with Gasteiger partial charge in [0.2, 0.25) is 0 Å². The molecule has 0 amide bonds. The summed E-state index contributed by atoms with van der Waals surface area (Å²) >= 11 is 1.40. The molecular weight excluding hydrogens is 315 g/mol. The van der Waals surface area contributed by atoms with Gasteiger partial charge in [0.05, 0.1) is 0 Å². The molecule has 2 rings (SSSR count). The van der Waals surface area contributed by atoms with Crippen molar-refractivity contribution in [1.82, 2.24) is 0 Å². The van der Waals surface area contributed by atoms with E-state index >= 15 is 0 Å². The van der Waals surface area contributed by atoms with Gasteiger partial charge in [-0.2, -0.15) is 0 Å². The summed E-state index contributed by atoms with van der Waals surface area (Å²) in [5.74, 6) is 1.30. The molecule has 4 heteroatoms. The van der Waals surface area contributed by atoms with Crippen LogP contribution >= 0.6 is 0 Å². The van der Waals surface area contributed by atoms with Crippen molar-refractivity contribution in [3.05, 3.63) is 53.6 Å². The van der Waals surface area contributed by atoms with Gasteiger partial charge in [-0.05, 0) is 0 Å². The van der Waals surface area contributed by atoms with Crippen LogP contribution in [0.2, 0.25) is 0 Å². The molecule has 0 aliphatic rings. The van der Waals surface area contributed by atoms with Crippen LogP contribution in [0, 0.1) is 0 Å². The Bertz CT molecular complexity index is 609. The molecule has 0 spiro atoms. The monoisotopic (exact) mass is 332 g/mol. The molecule has 0 saturated carbocycles. The average molecular weight is 332 g/mol. The number of ether oxygens (including phenoxy) is 2. The van der Waals surface area contributed by atoms with E-state index in [1.54, 1.807) is 20.1 Å². The van der Waals surface area contributed by atoms with E-state index in [0.29, 0.717) is 23.7 Å². The van der Waals surface area contributed by atoms with Crippen LogP contribution in [-0.2, 0) is 6.61 Å². The number of Topliss-reactive ketones (excluding diaryl/α,β-unsaturated/α-hetero) is 1. The van der Waals surface area contributed by atoms with E-state index in [1.165, 1.54) is 16.9 Å². The third kappa shape index (κ3) is 3.43. The van der Waals surface area contributed by atoms with Crippen molar-refractivity contribution in [1.29, 1.82) is 0 Å². The normalized spacial score (nSPS) is 10.2. The first-order chi connectivity index (χ1) is 9.61. The Morgan fingerprint density at radius 1 is 1.15 bits per heavy atom. The zero-order chi connectivity index (χ0) is 14.5. The Balaban J connectivity index is 2.23. The average Bonchev–Trinajstić information content (AvgIpc) is 2.46. The standard InChI is InChI=1S/C16H17AsO3/c1-11(18)13-8-15(19-2)16(9-14(13)17)20-10-12-6-4-3-5-7-12/h3-9H,10,17H2,1-2H3. The molecule has 1 unspecified atom stereocenters. The first kappa shape index (κ1) is 14.7. The molecule has 0 N–H and O–H groups in total. The maximum absolute atomic E-state index is 11.5. The second-order valence-electron chi connectivity index (χ2n) is 4.42. The molecule has 3 nitrogen and oxygen atoms in total. The van der Waals surface area contributed by atoms with E-state index < -0.39 is 0 Å². The predicted molar refractivity (Wildman–Crippen MR) is 82.0 cm³/mol. The molecule has 2 aromatic carbocycles. The van der Waals surface area contributed by atoms with Gasteiger partial charge in [-0.15, -0.1) is 0 Å². The quantitative estimate of drug-likeness (QED) is 0.618. The molecule has 0 aliphatic carbocycles. The minimum atomic E-state index is 0.0392. The fourth-order valence-corrected chi connectivity index (χ4v) is 2.81. The van der Waals surface area contributed by atoms with E-state index in [0.717, 1.165) is 9.91 Å². The molecule has 20 heavy (non-hydrogen) atoms. The first-order valence-corrected chi connectivity index (χ1v) is 7.48. The van der Waals surface area contributed by atoms with Crippen LogP contribution in [0.1, 0.15) is 22.8 Å². The third-order valence-corrected chi connectivity index (χ3v) is 3.95. The summed E-state index contributed by atoms with van der Waals surface area (Å²) in [5.41, 5.74) is 1.78. The Labute approximate surface area is 127 Å². The van der Waals surface area contributed by atoms with E-state index in [-0.39, 0.29) is 5.78 Å². The van der Waals surface area contributed by atoms with Crippen molar-refractivity contribution in [3.63, 3.8) is 0 Å². The predicted octanol–water partition coefficient (Wildman–Crippen LogP) is 1.74. The summed E-state index contributed by atoms with van der Waals surface area (Å²) < 4.78 is 12.1. The summed E-state index contributed by atoms with van der Waals surface area (Å²) in [7, 11) is 1.58. The third-order valence-electron chi connectivity index (χ3n) is 2.95. The van der Waals surface area contributed by atoms with Crippen molar-refractivity contribution in [2.45, 2.75) is 13.5 Å². The summed E-state index contributed by atoms with van der Waals surface area (Å²) in [5, 5.41) is 0. The zero-order valence-electron chi connectivity index (χ0n) is 11.6. The van der Waals surface area contributed by atoms with Gasteiger partial charge in [-0.25, -0.2) is 0 Å². The number of rotatable bonds is 5. The number of carbonyl (C=O) groups is 1. The zero-order valence-corrected chi connectivity index (χ0v) is 14.0. The Hall–Kier alpha value is -1.73. The summed E-state index contributed by atoms with van der Waals surface area (Å²) in [6.07, 6.45) is 0. The molecule has 104 valence electrons. The number of carbonyl (C=O) groups excluding carboxylic acids is 1. The SMILES string of the molecule is COc1cc(C(C)=O)c([AsH2])cc1OCc1ccccc1. The van der Waals surface area contributed by atoms with Crippen LogP contribution < -0.4 is 13.8 Å². The van der Waals surface area contributed by atoms with Crippen LogP contribution in [0.15, 0.2) is 42.5 Å².